The number of carbonyl (C=O) groups is 2. The molecule has 1 amide bonds. The van der Waals surface area contributed by atoms with Crippen LogP contribution in [0.4, 0.5) is 4.39 Å². The molecule has 1 atom stereocenters. The second-order valence-electron chi connectivity index (χ2n) is 10.1. The van der Waals surface area contributed by atoms with Crippen molar-refractivity contribution < 1.29 is 23.8 Å². The number of rotatable bonds is 5. The molecule has 4 rings (SSSR count). The average Bonchev–Trinajstić information content (AvgIpc) is 3.40. The molecule has 1 unspecified atom stereocenters. The highest BCUT2D eigenvalue weighted by Crippen LogP contribution is 2.44. The third-order valence-corrected chi connectivity index (χ3v) is 6.74. The van der Waals surface area contributed by atoms with Gasteiger partial charge in [0.25, 0.3) is 11.7 Å². The summed E-state index contributed by atoms with van der Waals surface area (Å²) in [6, 6.07) is 10.3. The van der Waals surface area contributed by atoms with Crippen LogP contribution in [0.15, 0.2) is 48.0 Å². The zero-order valence-corrected chi connectivity index (χ0v) is 20.2. The van der Waals surface area contributed by atoms with Gasteiger partial charge in [-0.1, -0.05) is 45.7 Å². The number of amides is 1. The number of ketones is 1. The highest BCUT2D eigenvalue weighted by molar-refractivity contribution is 6.46. The summed E-state index contributed by atoms with van der Waals surface area (Å²) in [5.41, 5.74) is 1.72. The van der Waals surface area contributed by atoms with Gasteiger partial charge >= 0.3 is 0 Å². The zero-order valence-electron chi connectivity index (χ0n) is 20.2. The Morgan fingerprint density at radius 3 is 2.32 bits per heavy atom. The third kappa shape index (κ3) is 4.33. The second-order valence-corrected chi connectivity index (χ2v) is 10.1. The Kier molecular flexibility index (Phi) is 6.52. The molecule has 34 heavy (non-hydrogen) atoms. The van der Waals surface area contributed by atoms with Gasteiger partial charge in [0.2, 0.25) is 0 Å². The number of hydrogen-bond donors (Lipinski definition) is 1. The minimum Gasteiger partial charge on any atom is -0.507 e. The number of aliphatic hydroxyl groups is 1. The molecule has 180 valence electrons. The van der Waals surface area contributed by atoms with E-state index in [1.54, 1.807) is 29.2 Å². The molecule has 1 N–H and O–H groups in total. The van der Waals surface area contributed by atoms with Gasteiger partial charge in [0.15, 0.2) is 0 Å². The Balaban J connectivity index is 1.89. The maximum absolute atomic E-state index is 13.7. The Morgan fingerprint density at radius 2 is 1.74 bits per heavy atom. The van der Waals surface area contributed by atoms with E-state index in [2.05, 4.69) is 0 Å². The van der Waals surface area contributed by atoms with Gasteiger partial charge in [-0.25, -0.2) is 4.39 Å². The van der Waals surface area contributed by atoms with Gasteiger partial charge in [0.05, 0.1) is 18.2 Å². The van der Waals surface area contributed by atoms with Crippen LogP contribution in [0, 0.1) is 5.82 Å². The maximum atomic E-state index is 13.7. The molecule has 6 heteroatoms. The number of aliphatic hydroxyl groups excluding tert-OH is 1. The molecular weight excluding hydrogens is 433 g/mol. The molecular formula is C28H32FNO4. The average molecular weight is 466 g/mol. The first-order valence-corrected chi connectivity index (χ1v) is 12.0. The fraction of sp³-hybridized carbons (Fsp3) is 0.429. The van der Waals surface area contributed by atoms with E-state index >= 15 is 0 Å². The fourth-order valence-electron chi connectivity index (χ4n) is 5.08. The standard InChI is InChI=1S/C28H32FNO4/c1-5-34-22-15-12-18(16-21(22)28(2,3)4)25(31)23-24(17-10-13-19(29)14-11-17)30(27(33)26(23)32)20-8-6-7-9-20/h10-16,20,24,31H,5-9H2,1-4H3/b25-23-. The topological polar surface area (TPSA) is 66.8 Å². The highest BCUT2D eigenvalue weighted by atomic mass is 19.1. The van der Waals surface area contributed by atoms with Gasteiger partial charge in [-0.2, -0.15) is 0 Å². The SMILES string of the molecule is CCOc1ccc(/C(O)=C2/C(=O)C(=O)N(C3CCCC3)C2c2ccc(F)cc2)cc1C(C)(C)C. The lowest BCUT2D eigenvalue weighted by Gasteiger charge is -2.30. The largest absolute Gasteiger partial charge is 0.507 e. The van der Waals surface area contributed by atoms with Crippen molar-refractivity contribution in [1.82, 2.24) is 4.90 Å². The van der Waals surface area contributed by atoms with E-state index in [1.807, 2.05) is 33.8 Å². The first-order valence-electron chi connectivity index (χ1n) is 12.0. The van der Waals surface area contributed by atoms with Gasteiger partial charge in [-0.05, 0) is 61.1 Å². The second kappa shape index (κ2) is 9.24. The van der Waals surface area contributed by atoms with Crippen LogP contribution in [0.2, 0.25) is 0 Å². The smallest absolute Gasteiger partial charge is 0.295 e. The number of ether oxygens (including phenoxy) is 1. The minimum absolute atomic E-state index is 0.0486. The summed E-state index contributed by atoms with van der Waals surface area (Å²) < 4.78 is 19.5. The summed E-state index contributed by atoms with van der Waals surface area (Å²) in [6.07, 6.45) is 3.58. The molecule has 1 saturated heterocycles. The molecule has 0 bridgehead atoms. The molecule has 2 aromatic carbocycles. The van der Waals surface area contributed by atoms with Crippen molar-refractivity contribution in [2.24, 2.45) is 0 Å². The van der Waals surface area contributed by atoms with Crippen LogP contribution in [-0.2, 0) is 15.0 Å². The Hall–Kier alpha value is -3.15. The van der Waals surface area contributed by atoms with E-state index < -0.39 is 23.5 Å². The molecule has 1 aliphatic carbocycles. The normalized spacial score (nSPS) is 20.9. The molecule has 2 fully saturated rings. The van der Waals surface area contributed by atoms with Crippen LogP contribution in [0.3, 0.4) is 0 Å². The molecule has 1 aliphatic heterocycles. The number of hydrogen-bond acceptors (Lipinski definition) is 4. The minimum atomic E-state index is -0.756. The number of halogens is 1. The Labute approximate surface area is 200 Å². The summed E-state index contributed by atoms with van der Waals surface area (Å²) in [6.45, 7) is 8.56. The summed E-state index contributed by atoms with van der Waals surface area (Å²) >= 11 is 0. The van der Waals surface area contributed by atoms with Crippen molar-refractivity contribution in [2.75, 3.05) is 6.61 Å². The van der Waals surface area contributed by atoms with Gasteiger partial charge in [-0.3, -0.25) is 9.59 Å². The molecule has 2 aromatic rings. The van der Waals surface area contributed by atoms with E-state index in [4.69, 9.17) is 4.74 Å². The van der Waals surface area contributed by atoms with Crippen LogP contribution in [-0.4, -0.2) is 34.3 Å². The lowest BCUT2D eigenvalue weighted by atomic mass is 9.84. The van der Waals surface area contributed by atoms with Crippen LogP contribution in [0.1, 0.15) is 76.1 Å². The summed E-state index contributed by atoms with van der Waals surface area (Å²) in [5.74, 6) is -1.22. The Morgan fingerprint density at radius 1 is 1.09 bits per heavy atom. The summed E-state index contributed by atoms with van der Waals surface area (Å²) in [5, 5.41) is 11.4. The van der Waals surface area contributed by atoms with Crippen LogP contribution in [0.25, 0.3) is 5.76 Å². The van der Waals surface area contributed by atoms with Crippen LogP contribution in [0.5, 0.6) is 5.75 Å². The monoisotopic (exact) mass is 465 g/mol. The van der Waals surface area contributed by atoms with E-state index in [0.717, 1.165) is 31.2 Å². The number of likely N-dealkylation sites (tertiary alicyclic amines) is 1. The quantitative estimate of drug-likeness (QED) is 0.340. The summed E-state index contributed by atoms with van der Waals surface area (Å²) in [4.78, 5) is 28.1. The van der Waals surface area contributed by atoms with Crippen LogP contribution < -0.4 is 4.74 Å². The van der Waals surface area contributed by atoms with E-state index in [0.29, 0.717) is 23.5 Å². The number of Topliss-reactive ketones (excluding diaryl/α,β-unsaturated/α-hetero) is 1. The van der Waals surface area contributed by atoms with Crippen molar-refractivity contribution in [2.45, 2.75) is 70.9 Å². The maximum Gasteiger partial charge on any atom is 0.295 e. The Bertz CT molecular complexity index is 1120. The number of benzene rings is 2. The van der Waals surface area contributed by atoms with Crippen molar-refractivity contribution in [3.8, 4) is 5.75 Å². The van der Waals surface area contributed by atoms with Crippen molar-refractivity contribution in [3.63, 3.8) is 0 Å². The molecule has 5 nitrogen and oxygen atoms in total. The van der Waals surface area contributed by atoms with E-state index in [-0.39, 0.29) is 22.8 Å². The summed E-state index contributed by atoms with van der Waals surface area (Å²) in [7, 11) is 0. The van der Waals surface area contributed by atoms with Crippen molar-refractivity contribution >= 4 is 17.4 Å². The van der Waals surface area contributed by atoms with Gasteiger partial charge in [-0.15, -0.1) is 0 Å². The lowest BCUT2D eigenvalue weighted by Crippen LogP contribution is -2.37. The van der Waals surface area contributed by atoms with Crippen LogP contribution >= 0.6 is 0 Å². The van der Waals surface area contributed by atoms with Gasteiger partial charge in [0, 0.05) is 17.2 Å². The van der Waals surface area contributed by atoms with E-state index in [1.165, 1.54) is 12.1 Å². The molecule has 1 saturated carbocycles. The molecule has 2 aliphatic rings. The molecule has 1 heterocycles. The van der Waals surface area contributed by atoms with Gasteiger partial charge in [0.1, 0.15) is 17.3 Å². The van der Waals surface area contributed by atoms with Gasteiger partial charge < -0.3 is 14.7 Å². The molecule has 0 spiro atoms. The van der Waals surface area contributed by atoms with Crippen molar-refractivity contribution in [3.05, 3.63) is 70.5 Å². The predicted octanol–water partition coefficient (Wildman–Crippen LogP) is 5.89. The first kappa shape index (κ1) is 24.0. The lowest BCUT2D eigenvalue weighted by molar-refractivity contribution is -0.141. The number of nitrogens with zero attached hydrogens (tertiary/aromatic N) is 1. The molecule has 0 aromatic heterocycles. The fourth-order valence-corrected chi connectivity index (χ4v) is 5.08. The van der Waals surface area contributed by atoms with E-state index in [9.17, 15) is 19.1 Å². The third-order valence-electron chi connectivity index (χ3n) is 6.74. The highest BCUT2D eigenvalue weighted by Gasteiger charge is 2.49. The van der Waals surface area contributed by atoms with Crippen molar-refractivity contribution in [1.29, 1.82) is 0 Å². The molecule has 0 radical (unpaired) electrons. The zero-order chi connectivity index (χ0) is 24.6. The number of carbonyl (C=O) groups excluding carboxylic acids is 2. The predicted molar refractivity (Wildman–Crippen MR) is 129 cm³/mol. The first-order chi connectivity index (χ1) is 16.1.